The van der Waals surface area contributed by atoms with E-state index < -0.39 is 6.09 Å². The van der Waals surface area contributed by atoms with Crippen molar-refractivity contribution in [1.82, 2.24) is 9.88 Å². The first kappa shape index (κ1) is 12.5. The Balaban J connectivity index is 1.94. The third-order valence-corrected chi connectivity index (χ3v) is 3.15. The molecular formula is C12H17N3O3. The molecule has 1 amide bonds. The van der Waals surface area contributed by atoms with Crippen molar-refractivity contribution in [3.63, 3.8) is 0 Å². The van der Waals surface area contributed by atoms with Crippen LogP contribution in [0.2, 0.25) is 0 Å². The highest BCUT2D eigenvalue weighted by Crippen LogP contribution is 2.19. The first-order chi connectivity index (χ1) is 8.58. The summed E-state index contributed by atoms with van der Waals surface area (Å²) in [6.07, 6.45) is 0.831. The van der Waals surface area contributed by atoms with Crippen molar-refractivity contribution in [3.05, 3.63) is 17.8 Å². The lowest BCUT2D eigenvalue weighted by Gasteiger charge is -2.21. The van der Waals surface area contributed by atoms with Crippen LogP contribution in [0.15, 0.2) is 12.1 Å². The number of nitrogen functional groups attached to an aromatic ring is 1. The van der Waals surface area contributed by atoms with E-state index in [0.29, 0.717) is 30.4 Å². The molecule has 6 nitrogen and oxygen atoms in total. The topological polar surface area (TPSA) is 88.7 Å². The molecule has 0 unspecified atom stereocenters. The number of pyridine rings is 1. The van der Waals surface area contributed by atoms with Crippen LogP contribution in [0.1, 0.15) is 18.5 Å². The van der Waals surface area contributed by atoms with Gasteiger partial charge in [0.05, 0.1) is 17.4 Å². The number of aryl methyl sites for hydroxylation is 1. The molecule has 98 valence electrons. The zero-order valence-electron chi connectivity index (χ0n) is 10.3. The number of aromatic nitrogens is 1. The van der Waals surface area contributed by atoms with Gasteiger partial charge in [0.1, 0.15) is 6.61 Å². The molecule has 18 heavy (non-hydrogen) atoms. The number of carbonyl (C=O) groups is 1. The summed E-state index contributed by atoms with van der Waals surface area (Å²) in [5, 5.41) is 9.00. The number of carboxylic acid groups (broad SMARTS) is 1. The summed E-state index contributed by atoms with van der Waals surface area (Å²) in [4.78, 5) is 16.6. The van der Waals surface area contributed by atoms with Crippen LogP contribution in [0.5, 0.6) is 5.88 Å². The van der Waals surface area contributed by atoms with Crippen molar-refractivity contribution >= 4 is 11.8 Å². The predicted octanol–water partition coefficient (Wildman–Crippen LogP) is 1.49. The molecule has 2 heterocycles. The Kier molecular flexibility index (Phi) is 3.55. The van der Waals surface area contributed by atoms with Gasteiger partial charge in [0.2, 0.25) is 5.88 Å². The lowest BCUT2D eigenvalue weighted by molar-refractivity contribution is 0.122. The van der Waals surface area contributed by atoms with Crippen molar-refractivity contribution < 1.29 is 14.6 Å². The van der Waals surface area contributed by atoms with E-state index in [-0.39, 0.29) is 6.04 Å². The highest BCUT2D eigenvalue weighted by Gasteiger charge is 2.28. The van der Waals surface area contributed by atoms with Crippen LogP contribution in [-0.2, 0) is 0 Å². The van der Waals surface area contributed by atoms with Gasteiger partial charge >= 0.3 is 6.09 Å². The van der Waals surface area contributed by atoms with Crippen molar-refractivity contribution in [2.75, 3.05) is 18.9 Å². The number of amides is 1. The summed E-state index contributed by atoms with van der Waals surface area (Å²) in [7, 11) is 0. The third kappa shape index (κ3) is 2.64. The smallest absolute Gasteiger partial charge is 0.407 e. The fraction of sp³-hybridized carbons (Fsp3) is 0.500. The Bertz CT molecular complexity index is 450. The molecule has 1 aliphatic rings. The maximum absolute atomic E-state index is 11.0. The van der Waals surface area contributed by atoms with Gasteiger partial charge < -0.3 is 20.5 Å². The molecule has 0 radical (unpaired) electrons. The van der Waals surface area contributed by atoms with Crippen molar-refractivity contribution in [3.8, 4) is 5.88 Å². The van der Waals surface area contributed by atoms with Crippen LogP contribution in [0.3, 0.4) is 0 Å². The summed E-state index contributed by atoms with van der Waals surface area (Å²) >= 11 is 0. The standard InChI is InChI=1S/C12H17N3O3/c1-8-10(13)4-5-11(14-8)18-7-9-3-2-6-15(9)12(16)17/h4-5,9H,2-3,6-7,13H2,1H3,(H,16,17)/t9-/m0/s1. The van der Waals surface area contributed by atoms with Gasteiger partial charge in [-0.15, -0.1) is 0 Å². The SMILES string of the molecule is Cc1nc(OC[C@@H]2CCCN2C(=O)O)ccc1N. The van der Waals surface area contributed by atoms with Gasteiger partial charge in [0.25, 0.3) is 0 Å². The van der Waals surface area contributed by atoms with Crippen LogP contribution in [0, 0.1) is 6.92 Å². The second kappa shape index (κ2) is 5.12. The zero-order valence-corrected chi connectivity index (χ0v) is 10.3. The Morgan fingerprint density at radius 2 is 2.44 bits per heavy atom. The van der Waals surface area contributed by atoms with Crippen LogP contribution in [0.25, 0.3) is 0 Å². The van der Waals surface area contributed by atoms with E-state index in [4.69, 9.17) is 15.6 Å². The van der Waals surface area contributed by atoms with Gasteiger partial charge in [0, 0.05) is 12.6 Å². The molecule has 1 fully saturated rings. The largest absolute Gasteiger partial charge is 0.475 e. The summed E-state index contributed by atoms with van der Waals surface area (Å²) in [6.45, 7) is 2.72. The number of rotatable bonds is 3. The first-order valence-corrected chi connectivity index (χ1v) is 5.93. The Morgan fingerprint density at radius 1 is 1.67 bits per heavy atom. The fourth-order valence-corrected chi connectivity index (χ4v) is 2.07. The van der Waals surface area contributed by atoms with Crippen LogP contribution in [-0.4, -0.2) is 40.3 Å². The average Bonchev–Trinajstić information content (AvgIpc) is 2.79. The minimum Gasteiger partial charge on any atom is -0.475 e. The van der Waals surface area contributed by atoms with Crippen LogP contribution < -0.4 is 10.5 Å². The third-order valence-electron chi connectivity index (χ3n) is 3.15. The van der Waals surface area contributed by atoms with Gasteiger partial charge in [-0.2, -0.15) is 0 Å². The molecule has 1 atom stereocenters. The van der Waals surface area contributed by atoms with Gasteiger partial charge in [-0.3, -0.25) is 0 Å². The molecule has 0 saturated carbocycles. The molecule has 1 aliphatic heterocycles. The second-order valence-corrected chi connectivity index (χ2v) is 4.41. The molecule has 1 aromatic heterocycles. The number of likely N-dealkylation sites (tertiary alicyclic amines) is 1. The highest BCUT2D eigenvalue weighted by molar-refractivity contribution is 5.65. The lowest BCUT2D eigenvalue weighted by atomic mass is 10.2. The maximum atomic E-state index is 11.0. The first-order valence-electron chi connectivity index (χ1n) is 5.93. The summed E-state index contributed by atoms with van der Waals surface area (Å²) in [6, 6.07) is 3.35. The molecule has 1 aromatic rings. The summed E-state index contributed by atoms with van der Waals surface area (Å²) in [5.74, 6) is 0.485. The number of nitrogens with zero attached hydrogens (tertiary/aromatic N) is 2. The zero-order chi connectivity index (χ0) is 13.1. The lowest BCUT2D eigenvalue weighted by Crippen LogP contribution is -2.38. The number of nitrogens with two attached hydrogens (primary N) is 1. The Morgan fingerprint density at radius 3 is 3.11 bits per heavy atom. The highest BCUT2D eigenvalue weighted by atomic mass is 16.5. The maximum Gasteiger partial charge on any atom is 0.407 e. The molecule has 0 aromatic carbocycles. The molecule has 0 aliphatic carbocycles. The predicted molar refractivity (Wildman–Crippen MR) is 66.6 cm³/mol. The van der Waals surface area contributed by atoms with Gasteiger partial charge in [-0.05, 0) is 25.8 Å². The van der Waals surface area contributed by atoms with Gasteiger partial charge in [0.15, 0.2) is 0 Å². The van der Waals surface area contributed by atoms with Gasteiger partial charge in [-0.1, -0.05) is 0 Å². The molecule has 6 heteroatoms. The average molecular weight is 251 g/mol. The van der Waals surface area contributed by atoms with Gasteiger partial charge in [-0.25, -0.2) is 9.78 Å². The van der Waals surface area contributed by atoms with E-state index in [0.717, 1.165) is 12.8 Å². The second-order valence-electron chi connectivity index (χ2n) is 4.41. The van der Waals surface area contributed by atoms with Crippen LogP contribution >= 0.6 is 0 Å². The summed E-state index contributed by atoms with van der Waals surface area (Å²) < 4.78 is 5.53. The van der Waals surface area contributed by atoms with E-state index in [1.54, 1.807) is 19.1 Å². The van der Waals surface area contributed by atoms with E-state index in [1.165, 1.54) is 4.90 Å². The fourth-order valence-electron chi connectivity index (χ4n) is 2.07. The van der Waals surface area contributed by atoms with Crippen molar-refractivity contribution in [2.45, 2.75) is 25.8 Å². The number of ether oxygens (including phenoxy) is 1. The summed E-state index contributed by atoms with van der Waals surface area (Å²) in [5.41, 5.74) is 7.00. The van der Waals surface area contributed by atoms with E-state index in [2.05, 4.69) is 4.98 Å². The van der Waals surface area contributed by atoms with E-state index in [9.17, 15) is 4.79 Å². The molecule has 1 saturated heterocycles. The minimum atomic E-state index is -0.887. The van der Waals surface area contributed by atoms with E-state index >= 15 is 0 Å². The molecule has 0 bridgehead atoms. The molecule has 2 rings (SSSR count). The normalized spacial score (nSPS) is 18.9. The minimum absolute atomic E-state index is 0.0813. The molecule has 0 spiro atoms. The van der Waals surface area contributed by atoms with Crippen LogP contribution in [0.4, 0.5) is 10.5 Å². The van der Waals surface area contributed by atoms with Crippen molar-refractivity contribution in [1.29, 1.82) is 0 Å². The number of hydrogen-bond acceptors (Lipinski definition) is 4. The quantitative estimate of drug-likeness (QED) is 0.849. The number of anilines is 1. The molecular weight excluding hydrogens is 234 g/mol. The van der Waals surface area contributed by atoms with E-state index in [1.807, 2.05) is 0 Å². The Labute approximate surface area is 105 Å². The number of hydrogen-bond donors (Lipinski definition) is 2. The Hall–Kier alpha value is -1.98. The monoisotopic (exact) mass is 251 g/mol. The van der Waals surface area contributed by atoms with Crippen molar-refractivity contribution in [2.24, 2.45) is 0 Å². The molecule has 3 N–H and O–H groups in total.